The lowest BCUT2D eigenvalue weighted by Gasteiger charge is -2.17. The first-order chi connectivity index (χ1) is 10.0. The Morgan fingerprint density at radius 1 is 1.19 bits per heavy atom. The van der Waals surface area contributed by atoms with E-state index in [1.54, 1.807) is 0 Å². The topological polar surface area (TPSA) is 41.5 Å². The van der Waals surface area contributed by atoms with Crippen LogP contribution in [0.25, 0.3) is 0 Å². The molecule has 0 bridgehead atoms. The minimum absolute atomic E-state index is 0.397. The van der Waals surface area contributed by atoms with E-state index in [4.69, 9.17) is 4.74 Å². The van der Waals surface area contributed by atoms with Crippen LogP contribution in [0.4, 0.5) is 5.69 Å². The number of unbranched alkanes of at least 4 members (excludes halogenated alkanes) is 3. The number of halogens is 1. The highest BCUT2D eigenvalue weighted by Gasteiger charge is 2.08. The Balaban J connectivity index is 2.25. The lowest BCUT2D eigenvalue weighted by molar-refractivity contribution is 0.0416. The lowest BCUT2D eigenvalue weighted by atomic mass is 10.1. The average Bonchev–Trinajstić information content (AvgIpc) is 2.41. The summed E-state index contributed by atoms with van der Waals surface area (Å²) in [6, 6.07) is 4.15. The molecular formula is C17H28BrNO2. The lowest BCUT2D eigenvalue weighted by Crippen LogP contribution is -2.25. The zero-order chi connectivity index (χ0) is 15.7. The molecule has 1 unspecified atom stereocenters. The smallest absolute Gasteiger partial charge is 0.0945 e. The molecule has 1 aromatic carbocycles. The maximum Gasteiger partial charge on any atom is 0.0945 e. The number of ether oxygens (including phenoxy) is 1. The quantitative estimate of drug-likeness (QED) is 0.608. The normalized spacial score (nSPS) is 12.4. The van der Waals surface area contributed by atoms with Crippen LogP contribution in [0.5, 0.6) is 0 Å². The maximum atomic E-state index is 9.95. The largest absolute Gasteiger partial charge is 0.389 e. The molecule has 0 fully saturated rings. The summed E-state index contributed by atoms with van der Waals surface area (Å²) in [5.74, 6) is 0. The van der Waals surface area contributed by atoms with Gasteiger partial charge in [-0.2, -0.15) is 0 Å². The van der Waals surface area contributed by atoms with Crippen molar-refractivity contribution in [1.29, 1.82) is 0 Å². The Labute approximate surface area is 137 Å². The number of aryl methyl sites for hydroxylation is 2. The van der Waals surface area contributed by atoms with E-state index in [1.807, 2.05) is 0 Å². The minimum atomic E-state index is -0.473. The van der Waals surface area contributed by atoms with Gasteiger partial charge in [-0.1, -0.05) is 42.1 Å². The van der Waals surface area contributed by atoms with E-state index >= 15 is 0 Å². The minimum Gasteiger partial charge on any atom is -0.389 e. The molecule has 0 spiro atoms. The van der Waals surface area contributed by atoms with E-state index in [9.17, 15) is 5.11 Å². The first-order valence-electron chi connectivity index (χ1n) is 7.81. The van der Waals surface area contributed by atoms with Gasteiger partial charge >= 0.3 is 0 Å². The Bertz CT molecular complexity index is 400. The predicted molar refractivity (Wildman–Crippen MR) is 93.1 cm³/mol. The number of rotatable bonds is 10. The second kappa shape index (κ2) is 10.2. The van der Waals surface area contributed by atoms with Crippen molar-refractivity contribution < 1.29 is 9.84 Å². The van der Waals surface area contributed by atoms with Gasteiger partial charge in [-0.3, -0.25) is 0 Å². The van der Waals surface area contributed by atoms with Crippen molar-refractivity contribution in [2.24, 2.45) is 0 Å². The van der Waals surface area contributed by atoms with E-state index in [0.717, 1.165) is 23.2 Å². The van der Waals surface area contributed by atoms with Gasteiger partial charge in [0.05, 0.1) is 12.7 Å². The molecule has 0 saturated heterocycles. The molecule has 3 nitrogen and oxygen atoms in total. The van der Waals surface area contributed by atoms with E-state index in [0.29, 0.717) is 13.2 Å². The summed E-state index contributed by atoms with van der Waals surface area (Å²) in [5, 5.41) is 13.3. The molecule has 2 N–H and O–H groups in total. The molecule has 4 heteroatoms. The van der Waals surface area contributed by atoms with Crippen molar-refractivity contribution in [3.8, 4) is 0 Å². The van der Waals surface area contributed by atoms with Crippen LogP contribution in [-0.4, -0.2) is 31.0 Å². The van der Waals surface area contributed by atoms with E-state index in [2.05, 4.69) is 54.2 Å². The Kier molecular flexibility index (Phi) is 8.97. The summed E-state index contributed by atoms with van der Waals surface area (Å²) in [6.07, 6.45) is 4.31. The second-order valence-corrected chi connectivity index (χ2v) is 6.50. The molecule has 0 amide bonds. The van der Waals surface area contributed by atoms with Gasteiger partial charge in [0.1, 0.15) is 0 Å². The van der Waals surface area contributed by atoms with Crippen molar-refractivity contribution in [3.63, 3.8) is 0 Å². The Morgan fingerprint density at radius 3 is 2.48 bits per heavy atom. The van der Waals surface area contributed by atoms with Gasteiger partial charge in [-0.15, -0.1) is 0 Å². The molecule has 21 heavy (non-hydrogen) atoms. The number of aliphatic hydroxyl groups is 1. The maximum absolute atomic E-state index is 9.95. The van der Waals surface area contributed by atoms with Crippen LogP contribution in [0.3, 0.4) is 0 Å². The third-order valence-corrected chi connectivity index (χ3v) is 3.92. The third-order valence-electron chi connectivity index (χ3n) is 3.46. The van der Waals surface area contributed by atoms with Gasteiger partial charge in [0.15, 0.2) is 0 Å². The summed E-state index contributed by atoms with van der Waals surface area (Å²) >= 11 is 3.49. The monoisotopic (exact) mass is 357 g/mol. The number of aliphatic hydroxyl groups excluding tert-OH is 1. The van der Waals surface area contributed by atoms with Crippen LogP contribution >= 0.6 is 15.9 Å². The fourth-order valence-electron chi connectivity index (χ4n) is 2.32. The van der Waals surface area contributed by atoms with Crippen molar-refractivity contribution in [2.75, 3.05) is 25.1 Å². The highest BCUT2D eigenvalue weighted by molar-refractivity contribution is 9.10. The number of hydrogen-bond acceptors (Lipinski definition) is 3. The van der Waals surface area contributed by atoms with Gasteiger partial charge in [0.2, 0.25) is 0 Å². The highest BCUT2D eigenvalue weighted by Crippen LogP contribution is 2.24. The first kappa shape index (κ1) is 18.5. The fourth-order valence-corrected chi connectivity index (χ4v) is 3.01. The van der Waals surface area contributed by atoms with Gasteiger partial charge in [-0.05, 0) is 43.5 Å². The number of hydrogen-bond donors (Lipinski definition) is 2. The number of benzene rings is 1. The molecular weight excluding hydrogens is 330 g/mol. The van der Waals surface area contributed by atoms with Crippen LogP contribution in [0.1, 0.15) is 43.7 Å². The van der Waals surface area contributed by atoms with Crippen LogP contribution in [-0.2, 0) is 4.74 Å². The zero-order valence-corrected chi connectivity index (χ0v) is 15.0. The van der Waals surface area contributed by atoms with Crippen molar-refractivity contribution in [2.45, 2.75) is 52.6 Å². The number of anilines is 1. The van der Waals surface area contributed by atoms with E-state index < -0.39 is 6.10 Å². The summed E-state index contributed by atoms with van der Waals surface area (Å²) in [7, 11) is 0. The average molecular weight is 358 g/mol. The van der Waals surface area contributed by atoms with Crippen LogP contribution in [0, 0.1) is 13.8 Å². The van der Waals surface area contributed by atoms with E-state index in [-0.39, 0.29) is 0 Å². The molecule has 0 aliphatic carbocycles. The summed E-state index contributed by atoms with van der Waals surface area (Å²) in [6.45, 7) is 7.98. The molecule has 0 aliphatic heterocycles. The molecule has 120 valence electrons. The summed E-state index contributed by atoms with van der Waals surface area (Å²) in [4.78, 5) is 0. The fraction of sp³-hybridized carbons (Fsp3) is 0.647. The number of nitrogens with one attached hydrogen (secondary N) is 1. The Morgan fingerprint density at radius 2 is 1.86 bits per heavy atom. The van der Waals surface area contributed by atoms with Gasteiger partial charge in [0, 0.05) is 23.3 Å². The highest BCUT2D eigenvalue weighted by atomic mass is 79.9. The predicted octanol–water partition coefficient (Wildman–Crippen LogP) is 4.44. The third kappa shape index (κ3) is 7.30. The van der Waals surface area contributed by atoms with Crippen LogP contribution < -0.4 is 5.32 Å². The van der Waals surface area contributed by atoms with E-state index in [1.165, 1.54) is 30.4 Å². The van der Waals surface area contributed by atoms with Gasteiger partial charge < -0.3 is 15.2 Å². The summed E-state index contributed by atoms with van der Waals surface area (Å²) < 4.78 is 6.59. The van der Waals surface area contributed by atoms with Crippen molar-refractivity contribution in [3.05, 3.63) is 27.7 Å². The van der Waals surface area contributed by atoms with Crippen molar-refractivity contribution in [1.82, 2.24) is 0 Å². The standard InChI is InChI=1S/C17H28BrNO2/c1-4-5-6-7-8-21-12-16(20)11-19-17-13(2)9-15(18)10-14(17)3/h9-10,16,19-20H,4-8,11-12H2,1-3H3. The SMILES string of the molecule is CCCCCCOCC(O)CNc1c(C)cc(Br)cc1C. The molecule has 0 saturated carbocycles. The molecule has 0 radical (unpaired) electrons. The van der Waals surface area contributed by atoms with Crippen LogP contribution in [0.15, 0.2) is 16.6 Å². The van der Waals surface area contributed by atoms with Crippen LogP contribution in [0.2, 0.25) is 0 Å². The van der Waals surface area contributed by atoms with Gasteiger partial charge in [-0.25, -0.2) is 0 Å². The molecule has 1 rings (SSSR count). The molecule has 1 aromatic rings. The Hall–Kier alpha value is -0.580. The first-order valence-corrected chi connectivity index (χ1v) is 8.60. The molecule has 0 heterocycles. The molecule has 0 aliphatic rings. The molecule has 1 atom stereocenters. The summed E-state index contributed by atoms with van der Waals surface area (Å²) in [5.41, 5.74) is 3.45. The second-order valence-electron chi connectivity index (χ2n) is 5.58. The zero-order valence-electron chi connectivity index (χ0n) is 13.4. The van der Waals surface area contributed by atoms with Crippen molar-refractivity contribution >= 4 is 21.6 Å². The molecule has 0 aromatic heterocycles. The van der Waals surface area contributed by atoms with Gasteiger partial charge in [0.25, 0.3) is 0 Å².